The highest BCUT2D eigenvalue weighted by molar-refractivity contribution is 9.10. The normalized spacial score (nSPS) is 16.7. The van der Waals surface area contributed by atoms with Gasteiger partial charge in [-0.05, 0) is 59.5 Å². The number of nitrogens with one attached hydrogen (secondary N) is 1. The number of halogens is 6. The fourth-order valence-corrected chi connectivity index (χ4v) is 4.06. The molecule has 4 nitrogen and oxygen atoms in total. The minimum absolute atomic E-state index is 0.0403. The number of carbonyl (C=O) groups excluding carboxylic acids is 1. The Morgan fingerprint density at radius 3 is 2.55 bits per heavy atom. The summed E-state index contributed by atoms with van der Waals surface area (Å²) in [6, 6.07) is 6.93. The third kappa shape index (κ3) is 5.34. The average molecular weight is 506 g/mol. The molecule has 10 heteroatoms. The largest absolute Gasteiger partial charge is 0.434 e. The van der Waals surface area contributed by atoms with Crippen LogP contribution in [-0.4, -0.2) is 29.9 Å². The first-order valence-corrected chi connectivity index (χ1v) is 10.5. The van der Waals surface area contributed by atoms with Crippen molar-refractivity contribution in [2.45, 2.75) is 45.2 Å². The lowest BCUT2D eigenvalue weighted by molar-refractivity contribution is -0.141. The van der Waals surface area contributed by atoms with Crippen molar-refractivity contribution >= 4 is 33.3 Å². The zero-order valence-electron chi connectivity index (χ0n) is 16.9. The molecule has 2 heterocycles. The Morgan fingerprint density at radius 1 is 1.19 bits per heavy atom. The number of amides is 1. The molecule has 1 aliphatic rings. The first kappa shape index (κ1) is 23.4. The van der Waals surface area contributed by atoms with E-state index in [1.807, 2.05) is 13.0 Å². The minimum atomic E-state index is -4.78. The average Bonchev–Trinajstić information content (AvgIpc) is 2.83. The number of rotatable bonds is 3. The Labute approximate surface area is 185 Å². The van der Waals surface area contributed by atoms with Crippen molar-refractivity contribution in [2.24, 2.45) is 0 Å². The number of benzene rings is 1. The standard InChI is InChI=1S/C21H21BrF5N3O/c1-12-5-3-6-14(11-12)28-19(31)15-13(2)16(22)17(21(25,26)27)29-18(15)30-9-4-7-20(23,24)8-10-30/h3,5-6,11H,4,7-10H2,1-2H3,(H,28,31). The highest BCUT2D eigenvalue weighted by Gasteiger charge is 2.40. The van der Waals surface area contributed by atoms with Gasteiger partial charge in [-0.25, -0.2) is 13.8 Å². The van der Waals surface area contributed by atoms with Crippen molar-refractivity contribution in [3.05, 3.63) is 51.1 Å². The van der Waals surface area contributed by atoms with Crippen LogP contribution in [0.1, 0.15) is 46.4 Å². The summed E-state index contributed by atoms with van der Waals surface area (Å²) < 4.78 is 68.0. The maximum absolute atomic E-state index is 13.8. The topological polar surface area (TPSA) is 45.2 Å². The number of anilines is 2. The van der Waals surface area contributed by atoms with Gasteiger partial charge in [-0.15, -0.1) is 0 Å². The van der Waals surface area contributed by atoms with E-state index in [9.17, 15) is 26.7 Å². The summed E-state index contributed by atoms with van der Waals surface area (Å²) in [6.07, 6.45) is -5.59. The molecule has 0 saturated carbocycles. The second kappa shape index (κ2) is 8.72. The first-order chi connectivity index (χ1) is 14.4. The van der Waals surface area contributed by atoms with Crippen LogP contribution in [0.25, 0.3) is 0 Å². The smallest absolute Gasteiger partial charge is 0.356 e. The molecular weight excluding hydrogens is 485 g/mol. The minimum Gasteiger partial charge on any atom is -0.356 e. The van der Waals surface area contributed by atoms with Gasteiger partial charge in [0.05, 0.1) is 10.0 Å². The number of nitrogens with zero attached hydrogens (tertiary/aromatic N) is 2. The van der Waals surface area contributed by atoms with Crippen molar-refractivity contribution in [1.82, 2.24) is 4.98 Å². The molecule has 3 rings (SSSR count). The Morgan fingerprint density at radius 2 is 1.90 bits per heavy atom. The van der Waals surface area contributed by atoms with Gasteiger partial charge in [-0.1, -0.05) is 12.1 Å². The molecule has 1 aliphatic heterocycles. The van der Waals surface area contributed by atoms with Crippen LogP contribution in [0.4, 0.5) is 33.5 Å². The van der Waals surface area contributed by atoms with E-state index < -0.39 is 30.1 Å². The predicted molar refractivity (Wildman–Crippen MR) is 112 cm³/mol. The zero-order valence-corrected chi connectivity index (χ0v) is 18.5. The summed E-state index contributed by atoms with van der Waals surface area (Å²) in [5.41, 5.74) is 0.123. The quantitative estimate of drug-likeness (QED) is 0.493. The van der Waals surface area contributed by atoms with Crippen LogP contribution >= 0.6 is 15.9 Å². The van der Waals surface area contributed by atoms with Crippen molar-refractivity contribution in [2.75, 3.05) is 23.3 Å². The Kier molecular flexibility index (Phi) is 6.59. The van der Waals surface area contributed by atoms with E-state index in [4.69, 9.17) is 0 Å². The first-order valence-electron chi connectivity index (χ1n) is 9.67. The molecule has 0 spiro atoms. The van der Waals surface area contributed by atoms with Crippen LogP contribution < -0.4 is 10.2 Å². The van der Waals surface area contributed by atoms with Crippen LogP contribution in [-0.2, 0) is 6.18 Å². The van der Waals surface area contributed by atoms with E-state index in [0.29, 0.717) is 5.69 Å². The molecule has 0 atom stereocenters. The van der Waals surface area contributed by atoms with Gasteiger partial charge in [0, 0.05) is 31.6 Å². The number of hydrogen-bond acceptors (Lipinski definition) is 3. The number of pyridine rings is 1. The molecule has 0 aliphatic carbocycles. The van der Waals surface area contributed by atoms with Gasteiger partial charge < -0.3 is 10.2 Å². The number of alkyl halides is 5. The molecule has 1 fully saturated rings. The van der Waals surface area contributed by atoms with E-state index in [0.717, 1.165) is 5.56 Å². The summed E-state index contributed by atoms with van der Waals surface area (Å²) in [6.45, 7) is 3.08. The third-order valence-corrected chi connectivity index (χ3v) is 6.11. The maximum Gasteiger partial charge on any atom is 0.434 e. The van der Waals surface area contributed by atoms with E-state index in [1.165, 1.54) is 11.8 Å². The molecule has 1 saturated heterocycles. The van der Waals surface area contributed by atoms with Crippen molar-refractivity contribution in [1.29, 1.82) is 0 Å². The van der Waals surface area contributed by atoms with E-state index in [2.05, 4.69) is 26.2 Å². The second-order valence-electron chi connectivity index (χ2n) is 7.62. The molecule has 0 unspecified atom stereocenters. The lowest BCUT2D eigenvalue weighted by Crippen LogP contribution is -2.31. The van der Waals surface area contributed by atoms with Gasteiger partial charge in [-0.2, -0.15) is 13.2 Å². The zero-order chi connectivity index (χ0) is 23.0. The molecular formula is C21H21BrF5N3O. The monoisotopic (exact) mass is 505 g/mol. The number of hydrogen-bond donors (Lipinski definition) is 1. The molecule has 1 N–H and O–H groups in total. The van der Waals surface area contributed by atoms with Gasteiger partial charge in [0.2, 0.25) is 5.92 Å². The molecule has 1 amide bonds. The van der Waals surface area contributed by atoms with Crippen LogP contribution in [0.5, 0.6) is 0 Å². The molecule has 0 bridgehead atoms. The van der Waals surface area contributed by atoms with Crippen LogP contribution in [0.2, 0.25) is 0 Å². The van der Waals surface area contributed by atoms with Gasteiger partial charge in [-0.3, -0.25) is 4.79 Å². The highest BCUT2D eigenvalue weighted by atomic mass is 79.9. The third-order valence-electron chi connectivity index (χ3n) is 5.14. The molecule has 1 aromatic carbocycles. The summed E-state index contributed by atoms with van der Waals surface area (Å²) >= 11 is 2.92. The van der Waals surface area contributed by atoms with Crippen LogP contribution in [0.3, 0.4) is 0 Å². The molecule has 31 heavy (non-hydrogen) atoms. The lowest BCUT2D eigenvalue weighted by Gasteiger charge is -2.27. The van der Waals surface area contributed by atoms with Gasteiger partial charge >= 0.3 is 6.18 Å². The molecule has 0 radical (unpaired) electrons. The van der Waals surface area contributed by atoms with Crippen molar-refractivity contribution < 1.29 is 26.7 Å². The predicted octanol–water partition coefficient (Wildman–Crippen LogP) is 6.36. The number of aromatic nitrogens is 1. The Hall–Kier alpha value is -2.23. The van der Waals surface area contributed by atoms with E-state index in [1.54, 1.807) is 18.2 Å². The summed E-state index contributed by atoms with van der Waals surface area (Å²) in [5, 5.41) is 2.68. The molecule has 1 aromatic heterocycles. The van der Waals surface area contributed by atoms with E-state index >= 15 is 0 Å². The Balaban J connectivity index is 2.10. The van der Waals surface area contributed by atoms with Crippen molar-refractivity contribution in [3.8, 4) is 0 Å². The van der Waals surface area contributed by atoms with Gasteiger partial charge in [0.1, 0.15) is 5.82 Å². The molecule has 2 aromatic rings. The number of aryl methyl sites for hydroxylation is 1. The van der Waals surface area contributed by atoms with Gasteiger partial charge in [0.25, 0.3) is 5.91 Å². The number of carbonyl (C=O) groups is 1. The fourth-order valence-electron chi connectivity index (χ4n) is 3.55. The second-order valence-corrected chi connectivity index (χ2v) is 8.41. The van der Waals surface area contributed by atoms with Crippen LogP contribution in [0, 0.1) is 13.8 Å². The highest BCUT2D eigenvalue weighted by Crippen LogP contribution is 2.40. The van der Waals surface area contributed by atoms with E-state index in [-0.39, 0.29) is 47.3 Å². The summed E-state index contributed by atoms with van der Waals surface area (Å²) in [7, 11) is 0. The Bertz CT molecular complexity index is 994. The maximum atomic E-state index is 13.8. The lowest BCUT2D eigenvalue weighted by atomic mass is 10.1. The van der Waals surface area contributed by atoms with Crippen molar-refractivity contribution in [3.63, 3.8) is 0 Å². The fraction of sp³-hybridized carbons (Fsp3) is 0.429. The van der Waals surface area contributed by atoms with Crippen LogP contribution in [0.15, 0.2) is 28.7 Å². The molecule has 168 valence electrons. The summed E-state index contributed by atoms with van der Waals surface area (Å²) in [4.78, 5) is 18.2. The summed E-state index contributed by atoms with van der Waals surface area (Å²) in [5.74, 6) is -3.80. The SMILES string of the molecule is Cc1cccc(NC(=O)c2c(N3CCCC(F)(F)CC3)nc(C(F)(F)F)c(Br)c2C)c1. The van der Waals surface area contributed by atoms with Gasteiger partial charge in [0.15, 0.2) is 5.69 Å².